The highest BCUT2D eigenvalue weighted by Crippen LogP contribution is 2.33. The van der Waals surface area contributed by atoms with E-state index in [1.165, 1.54) is 43.5 Å². The Morgan fingerprint density at radius 2 is 2.28 bits per heavy atom. The van der Waals surface area contributed by atoms with Crippen molar-refractivity contribution in [3.8, 4) is 0 Å². The molecule has 1 aliphatic heterocycles. The lowest BCUT2D eigenvalue weighted by molar-refractivity contribution is 0.119. The van der Waals surface area contributed by atoms with E-state index in [4.69, 9.17) is 5.73 Å². The van der Waals surface area contributed by atoms with E-state index in [0.29, 0.717) is 12.1 Å². The fraction of sp³-hybridized carbons (Fsp3) is 0.733. The molecule has 1 aromatic rings. The highest BCUT2D eigenvalue weighted by Gasteiger charge is 2.30. The predicted octanol–water partition coefficient (Wildman–Crippen LogP) is 3.79. The van der Waals surface area contributed by atoms with Gasteiger partial charge in [-0.3, -0.25) is 4.90 Å². The molecule has 0 spiro atoms. The second-order valence-corrected chi connectivity index (χ2v) is 6.45. The molecule has 1 aromatic heterocycles. The van der Waals surface area contributed by atoms with Crippen molar-refractivity contribution in [2.45, 2.75) is 64.1 Å². The number of likely N-dealkylation sites (tertiary alicyclic amines) is 1. The molecule has 18 heavy (non-hydrogen) atoms. The summed E-state index contributed by atoms with van der Waals surface area (Å²) in [6, 6.07) is 5.72. The third-order valence-corrected chi connectivity index (χ3v) is 5.03. The van der Waals surface area contributed by atoms with Crippen LogP contribution in [0.5, 0.6) is 0 Å². The Labute approximate surface area is 115 Å². The standard InChI is InChI=1S/C15H26N2S/c1-3-13-8-5-4-6-10-17(13)15(12(2)16)14-9-7-11-18-14/h7,9,11-13,15H,3-6,8,10,16H2,1-2H3. The summed E-state index contributed by atoms with van der Waals surface area (Å²) >= 11 is 1.85. The largest absolute Gasteiger partial charge is 0.326 e. The molecule has 3 atom stereocenters. The van der Waals surface area contributed by atoms with E-state index in [-0.39, 0.29) is 6.04 Å². The van der Waals surface area contributed by atoms with Gasteiger partial charge in [-0.25, -0.2) is 0 Å². The second-order valence-electron chi connectivity index (χ2n) is 5.47. The minimum atomic E-state index is 0.204. The molecule has 0 saturated carbocycles. The number of thiophene rings is 1. The zero-order chi connectivity index (χ0) is 13.0. The average Bonchev–Trinajstić information content (AvgIpc) is 2.75. The topological polar surface area (TPSA) is 29.3 Å². The minimum absolute atomic E-state index is 0.204. The van der Waals surface area contributed by atoms with E-state index in [0.717, 1.165) is 0 Å². The number of nitrogens with two attached hydrogens (primary N) is 1. The first-order valence-corrected chi connectivity index (χ1v) is 8.16. The van der Waals surface area contributed by atoms with Gasteiger partial charge < -0.3 is 5.73 Å². The van der Waals surface area contributed by atoms with Crippen molar-refractivity contribution in [2.75, 3.05) is 6.54 Å². The lowest BCUT2D eigenvalue weighted by Gasteiger charge is -2.38. The zero-order valence-corrected chi connectivity index (χ0v) is 12.5. The summed E-state index contributed by atoms with van der Waals surface area (Å²) in [5.74, 6) is 0. The Bertz CT molecular complexity index is 334. The van der Waals surface area contributed by atoms with Gasteiger partial charge in [0.25, 0.3) is 0 Å². The molecule has 0 aliphatic carbocycles. The molecule has 0 aromatic carbocycles. The molecule has 3 unspecified atom stereocenters. The normalized spacial score (nSPS) is 25.6. The van der Waals surface area contributed by atoms with Crippen LogP contribution in [-0.2, 0) is 0 Å². The summed E-state index contributed by atoms with van der Waals surface area (Å²) in [6.07, 6.45) is 6.67. The van der Waals surface area contributed by atoms with Gasteiger partial charge in [0.15, 0.2) is 0 Å². The van der Waals surface area contributed by atoms with Crippen LogP contribution in [0.2, 0.25) is 0 Å². The van der Waals surface area contributed by atoms with Crippen LogP contribution in [0.25, 0.3) is 0 Å². The van der Waals surface area contributed by atoms with Crippen molar-refractivity contribution < 1.29 is 0 Å². The van der Waals surface area contributed by atoms with Gasteiger partial charge >= 0.3 is 0 Å². The molecule has 1 saturated heterocycles. The van der Waals surface area contributed by atoms with Gasteiger partial charge in [0, 0.05) is 17.0 Å². The van der Waals surface area contributed by atoms with Crippen molar-refractivity contribution in [1.29, 1.82) is 0 Å². The van der Waals surface area contributed by atoms with Crippen LogP contribution in [0, 0.1) is 0 Å². The molecule has 102 valence electrons. The monoisotopic (exact) mass is 266 g/mol. The van der Waals surface area contributed by atoms with Crippen molar-refractivity contribution in [1.82, 2.24) is 4.90 Å². The third kappa shape index (κ3) is 3.14. The van der Waals surface area contributed by atoms with Crippen LogP contribution in [0.3, 0.4) is 0 Å². The highest BCUT2D eigenvalue weighted by atomic mass is 32.1. The molecule has 0 amide bonds. The molecular formula is C15H26N2S. The predicted molar refractivity (Wildman–Crippen MR) is 80.0 cm³/mol. The van der Waals surface area contributed by atoms with E-state index in [1.807, 2.05) is 11.3 Å². The maximum Gasteiger partial charge on any atom is 0.0593 e. The minimum Gasteiger partial charge on any atom is -0.326 e. The van der Waals surface area contributed by atoms with Crippen LogP contribution in [0.15, 0.2) is 17.5 Å². The Hall–Kier alpha value is -0.380. The molecular weight excluding hydrogens is 240 g/mol. The Kier molecular flexibility index (Phi) is 5.22. The van der Waals surface area contributed by atoms with Gasteiger partial charge in [-0.15, -0.1) is 11.3 Å². The first kappa shape index (κ1) is 14.0. The van der Waals surface area contributed by atoms with Gasteiger partial charge in [-0.2, -0.15) is 0 Å². The van der Waals surface area contributed by atoms with Crippen LogP contribution in [0.1, 0.15) is 56.9 Å². The van der Waals surface area contributed by atoms with E-state index >= 15 is 0 Å². The number of rotatable bonds is 4. The lowest BCUT2D eigenvalue weighted by Crippen LogP contribution is -2.44. The Morgan fingerprint density at radius 3 is 2.89 bits per heavy atom. The molecule has 2 rings (SSSR count). The summed E-state index contributed by atoms with van der Waals surface area (Å²) in [4.78, 5) is 4.12. The Balaban J connectivity index is 2.22. The smallest absolute Gasteiger partial charge is 0.0593 e. The lowest BCUT2D eigenvalue weighted by atomic mass is 10.0. The molecule has 1 fully saturated rings. The summed E-state index contributed by atoms with van der Waals surface area (Å²) < 4.78 is 0. The van der Waals surface area contributed by atoms with Gasteiger partial charge in [-0.1, -0.05) is 25.8 Å². The second kappa shape index (κ2) is 6.69. The van der Waals surface area contributed by atoms with Crippen LogP contribution in [0.4, 0.5) is 0 Å². The van der Waals surface area contributed by atoms with Crippen LogP contribution in [-0.4, -0.2) is 23.5 Å². The molecule has 0 radical (unpaired) electrons. The van der Waals surface area contributed by atoms with Gasteiger partial charge in [0.2, 0.25) is 0 Å². The number of hydrogen-bond acceptors (Lipinski definition) is 3. The van der Waals surface area contributed by atoms with E-state index < -0.39 is 0 Å². The zero-order valence-electron chi connectivity index (χ0n) is 11.6. The summed E-state index contributed by atoms with van der Waals surface area (Å²) in [6.45, 7) is 5.68. The molecule has 3 heteroatoms. The molecule has 0 bridgehead atoms. The van der Waals surface area contributed by atoms with E-state index in [9.17, 15) is 0 Å². The first-order valence-electron chi connectivity index (χ1n) is 7.28. The first-order chi connectivity index (χ1) is 8.74. The molecule has 1 aliphatic rings. The van der Waals surface area contributed by atoms with E-state index in [1.54, 1.807) is 0 Å². The van der Waals surface area contributed by atoms with Crippen molar-refractivity contribution in [3.63, 3.8) is 0 Å². The van der Waals surface area contributed by atoms with Gasteiger partial charge in [0.05, 0.1) is 6.04 Å². The maximum atomic E-state index is 6.29. The number of nitrogens with zero attached hydrogens (tertiary/aromatic N) is 1. The molecule has 2 heterocycles. The van der Waals surface area contributed by atoms with Crippen molar-refractivity contribution in [2.24, 2.45) is 5.73 Å². The Morgan fingerprint density at radius 1 is 1.44 bits per heavy atom. The third-order valence-electron chi connectivity index (χ3n) is 4.08. The summed E-state index contributed by atoms with van der Waals surface area (Å²) in [5.41, 5.74) is 6.29. The van der Waals surface area contributed by atoms with Gasteiger partial charge in [0.1, 0.15) is 0 Å². The molecule has 2 N–H and O–H groups in total. The molecule has 2 nitrogen and oxygen atoms in total. The highest BCUT2D eigenvalue weighted by molar-refractivity contribution is 7.10. The SMILES string of the molecule is CCC1CCCCCN1C(c1cccs1)C(C)N. The van der Waals surface area contributed by atoms with Crippen LogP contribution >= 0.6 is 11.3 Å². The van der Waals surface area contributed by atoms with E-state index in [2.05, 4.69) is 36.3 Å². The van der Waals surface area contributed by atoms with Crippen LogP contribution < -0.4 is 5.73 Å². The summed E-state index contributed by atoms with van der Waals surface area (Å²) in [5, 5.41) is 2.17. The van der Waals surface area contributed by atoms with Crippen molar-refractivity contribution in [3.05, 3.63) is 22.4 Å². The number of hydrogen-bond donors (Lipinski definition) is 1. The van der Waals surface area contributed by atoms with Gasteiger partial charge in [-0.05, 0) is 44.2 Å². The fourth-order valence-electron chi connectivity index (χ4n) is 3.19. The summed E-state index contributed by atoms with van der Waals surface area (Å²) in [7, 11) is 0. The quantitative estimate of drug-likeness (QED) is 0.898. The van der Waals surface area contributed by atoms with Crippen molar-refractivity contribution >= 4 is 11.3 Å². The average molecular weight is 266 g/mol. The maximum absolute atomic E-state index is 6.29. The fourth-order valence-corrected chi connectivity index (χ4v) is 4.15.